The Hall–Kier alpha value is -1.22. The third kappa shape index (κ3) is 3.63. The number of nitrogens with one attached hydrogen (secondary N) is 1. The second kappa shape index (κ2) is 5.83. The maximum atomic E-state index is 13.6. The van der Waals surface area contributed by atoms with Gasteiger partial charge < -0.3 is 10.2 Å². The Labute approximate surface area is 113 Å². The van der Waals surface area contributed by atoms with Crippen LogP contribution in [0, 0.1) is 5.82 Å². The molecule has 0 spiro atoms. The van der Waals surface area contributed by atoms with Crippen LogP contribution in [-0.4, -0.2) is 36.7 Å². The maximum Gasteiger partial charge on any atom is 0.324 e. The fourth-order valence-corrected chi connectivity index (χ4v) is 2.87. The van der Waals surface area contributed by atoms with Crippen LogP contribution in [0.2, 0.25) is 5.02 Å². The highest BCUT2D eigenvalue weighted by Gasteiger charge is 2.31. The van der Waals surface area contributed by atoms with E-state index in [1.807, 2.05) is 0 Å². The molecule has 0 bridgehead atoms. The minimum Gasteiger partial charge on any atom is -0.480 e. The summed E-state index contributed by atoms with van der Waals surface area (Å²) in [5.41, 5.74) is 0. The summed E-state index contributed by atoms with van der Waals surface area (Å²) in [6, 6.07) is 1.50. The summed E-state index contributed by atoms with van der Waals surface area (Å²) in [4.78, 5) is 10.0. The van der Waals surface area contributed by atoms with Crippen LogP contribution in [0.4, 0.5) is 4.39 Å². The van der Waals surface area contributed by atoms with Crippen LogP contribution in [0.25, 0.3) is 0 Å². The molecule has 6 nitrogen and oxygen atoms in total. The van der Waals surface area contributed by atoms with Gasteiger partial charge in [-0.1, -0.05) is 17.7 Å². The lowest BCUT2D eigenvalue weighted by atomic mass is 10.2. The second-order valence-corrected chi connectivity index (χ2v) is 5.82. The molecule has 1 aromatic carbocycles. The highest BCUT2D eigenvalue weighted by molar-refractivity contribution is 7.89. The minimum absolute atomic E-state index is 0.410. The lowest BCUT2D eigenvalue weighted by Crippen LogP contribution is -2.47. The smallest absolute Gasteiger partial charge is 0.324 e. The zero-order chi connectivity index (χ0) is 14.8. The van der Waals surface area contributed by atoms with Crippen molar-refractivity contribution < 1.29 is 27.8 Å². The lowest BCUT2D eigenvalue weighted by molar-refractivity contribution is -0.141. The molecule has 3 N–H and O–H groups in total. The zero-order valence-electron chi connectivity index (χ0n) is 9.67. The van der Waals surface area contributed by atoms with Gasteiger partial charge in [-0.2, -0.15) is 4.72 Å². The van der Waals surface area contributed by atoms with Crippen molar-refractivity contribution in [2.75, 3.05) is 0 Å². The lowest BCUT2D eigenvalue weighted by Gasteiger charge is -2.17. The van der Waals surface area contributed by atoms with E-state index >= 15 is 0 Å². The SMILES string of the molecule is CC(O)C(NS(=O)(=O)c1cccc(Cl)c1F)C(=O)O. The highest BCUT2D eigenvalue weighted by atomic mass is 35.5. The van der Waals surface area contributed by atoms with Gasteiger partial charge in [0.1, 0.15) is 10.9 Å². The standard InChI is InChI=1S/C10H11ClFNO5S/c1-5(14)9(10(15)16)13-19(17,18)7-4-2-3-6(11)8(7)12/h2-5,9,13-14H,1H3,(H,15,16). The van der Waals surface area contributed by atoms with Crippen molar-refractivity contribution in [2.24, 2.45) is 0 Å². The molecule has 0 radical (unpaired) electrons. The Balaban J connectivity index is 3.18. The first kappa shape index (κ1) is 15.8. The van der Waals surface area contributed by atoms with E-state index in [1.165, 1.54) is 6.07 Å². The molecular weight excluding hydrogens is 301 g/mol. The van der Waals surface area contributed by atoms with Gasteiger partial charge in [-0.3, -0.25) is 4.79 Å². The number of hydrogen-bond donors (Lipinski definition) is 3. The molecule has 1 aromatic rings. The number of aliphatic hydroxyl groups is 1. The molecule has 0 aliphatic heterocycles. The van der Waals surface area contributed by atoms with Crippen LogP contribution >= 0.6 is 11.6 Å². The summed E-state index contributed by atoms with van der Waals surface area (Å²) >= 11 is 5.45. The number of carbonyl (C=O) groups is 1. The second-order valence-electron chi connectivity index (χ2n) is 3.73. The molecule has 0 saturated heterocycles. The van der Waals surface area contributed by atoms with Gasteiger partial charge in [0.2, 0.25) is 10.0 Å². The molecule has 0 aliphatic rings. The quantitative estimate of drug-likeness (QED) is 0.738. The summed E-state index contributed by atoms with van der Waals surface area (Å²) in [6.45, 7) is 1.09. The summed E-state index contributed by atoms with van der Waals surface area (Å²) in [6.07, 6.45) is -1.49. The Morgan fingerprint density at radius 1 is 1.47 bits per heavy atom. The number of sulfonamides is 1. The number of carboxylic acids is 1. The van der Waals surface area contributed by atoms with Gasteiger partial charge in [0.25, 0.3) is 0 Å². The largest absolute Gasteiger partial charge is 0.480 e. The first-order chi connectivity index (χ1) is 8.66. The van der Waals surface area contributed by atoms with E-state index in [0.717, 1.165) is 19.1 Å². The number of halogens is 2. The van der Waals surface area contributed by atoms with Gasteiger partial charge in [0.15, 0.2) is 5.82 Å². The van der Waals surface area contributed by atoms with Crippen molar-refractivity contribution in [3.05, 3.63) is 29.0 Å². The molecule has 0 fully saturated rings. The molecule has 2 unspecified atom stereocenters. The van der Waals surface area contributed by atoms with Gasteiger partial charge >= 0.3 is 5.97 Å². The van der Waals surface area contributed by atoms with Crippen LogP contribution in [0.5, 0.6) is 0 Å². The maximum absolute atomic E-state index is 13.6. The molecule has 0 aliphatic carbocycles. The van der Waals surface area contributed by atoms with Crippen molar-refractivity contribution in [2.45, 2.75) is 24.0 Å². The Bertz CT molecular complexity index is 590. The topological polar surface area (TPSA) is 104 Å². The Morgan fingerprint density at radius 2 is 2.05 bits per heavy atom. The normalized spacial score (nSPS) is 14.9. The molecule has 0 aromatic heterocycles. The average molecular weight is 312 g/mol. The molecular formula is C10H11ClFNO5S. The van der Waals surface area contributed by atoms with Crippen molar-refractivity contribution in [1.29, 1.82) is 0 Å². The number of carboxylic acid groups (broad SMARTS) is 1. The summed E-state index contributed by atoms with van der Waals surface area (Å²) in [5, 5.41) is 17.5. The van der Waals surface area contributed by atoms with Gasteiger partial charge in [-0.25, -0.2) is 12.8 Å². The molecule has 2 atom stereocenters. The molecule has 0 heterocycles. The first-order valence-electron chi connectivity index (χ1n) is 5.04. The molecule has 106 valence electrons. The number of benzene rings is 1. The number of rotatable bonds is 5. The molecule has 9 heteroatoms. The van der Waals surface area contributed by atoms with Crippen molar-refractivity contribution in [1.82, 2.24) is 4.72 Å². The Kier molecular flexibility index (Phi) is 4.86. The van der Waals surface area contributed by atoms with Crippen molar-refractivity contribution in [3.8, 4) is 0 Å². The van der Waals surface area contributed by atoms with E-state index in [2.05, 4.69) is 0 Å². The molecule has 1 rings (SSSR count). The van der Waals surface area contributed by atoms with E-state index in [1.54, 1.807) is 4.72 Å². The zero-order valence-corrected chi connectivity index (χ0v) is 11.2. The van der Waals surface area contributed by atoms with E-state index in [9.17, 15) is 22.7 Å². The predicted octanol–water partition coefficient (Wildman–Crippen LogP) is 0.591. The predicted molar refractivity (Wildman–Crippen MR) is 64.8 cm³/mol. The average Bonchev–Trinajstić information content (AvgIpc) is 2.28. The van der Waals surface area contributed by atoms with Crippen LogP contribution < -0.4 is 4.72 Å². The van der Waals surface area contributed by atoms with Crippen molar-refractivity contribution in [3.63, 3.8) is 0 Å². The molecule has 0 saturated carbocycles. The van der Waals surface area contributed by atoms with Gasteiger partial charge in [-0.05, 0) is 19.1 Å². The highest BCUT2D eigenvalue weighted by Crippen LogP contribution is 2.22. The summed E-state index contributed by atoms with van der Waals surface area (Å²) in [7, 11) is -4.45. The Morgan fingerprint density at radius 3 is 2.53 bits per heavy atom. The first-order valence-corrected chi connectivity index (χ1v) is 6.90. The fraction of sp³-hybridized carbons (Fsp3) is 0.300. The van der Waals surface area contributed by atoms with E-state index in [0.29, 0.717) is 0 Å². The third-order valence-electron chi connectivity index (χ3n) is 2.24. The van der Waals surface area contributed by atoms with Crippen LogP contribution in [0.1, 0.15) is 6.92 Å². The van der Waals surface area contributed by atoms with E-state index < -0.39 is 43.9 Å². The number of aliphatic carboxylic acids is 1. The molecule has 19 heavy (non-hydrogen) atoms. The van der Waals surface area contributed by atoms with Gasteiger partial charge in [0, 0.05) is 0 Å². The van der Waals surface area contributed by atoms with Crippen LogP contribution in [0.15, 0.2) is 23.1 Å². The number of hydrogen-bond acceptors (Lipinski definition) is 4. The monoisotopic (exact) mass is 311 g/mol. The van der Waals surface area contributed by atoms with Crippen LogP contribution in [0.3, 0.4) is 0 Å². The van der Waals surface area contributed by atoms with Gasteiger partial charge in [0.05, 0.1) is 11.1 Å². The third-order valence-corrected chi connectivity index (χ3v) is 3.99. The van der Waals surface area contributed by atoms with E-state index in [4.69, 9.17) is 16.7 Å². The minimum atomic E-state index is -4.45. The van der Waals surface area contributed by atoms with Gasteiger partial charge in [-0.15, -0.1) is 0 Å². The van der Waals surface area contributed by atoms with Crippen LogP contribution in [-0.2, 0) is 14.8 Å². The van der Waals surface area contributed by atoms with Crippen molar-refractivity contribution >= 4 is 27.6 Å². The summed E-state index contributed by atoms with van der Waals surface area (Å²) < 4.78 is 39.0. The van der Waals surface area contributed by atoms with E-state index in [-0.39, 0.29) is 0 Å². The number of aliphatic hydroxyl groups excluding tert-OH is 1. The summed E-state index contributed by atoms with van der Waals surface area (Å²) in [5.74, 6) is -2.77. The fourth-order valence-electron chi connectivity index (χ4n) is 1.28. The molecule has 0 amide bonds.